The van der Waals surface area contributed by atoms with Gasteiger partial charge in [-0.3, -0.25) is 4.79 Å². The summed E-state index contributed by atoms with van der Waals surface area (Å²) < 4.78 is 0. The van der Waals surface area contributed by atoms with E-state index in [1.54, 1.807) is 6.08 Å². The lowest BCUT2D eigenvalue weighted by Crippen LogP contribution is -1.94. The minimum absolute atomic E-state index is 0.0731. The second-order valence-corrected chi connectivity index (χ2v) is 3.39. The van der Waals surface area contributed by atoms with E-state index in [0.717, 1.165) is 24.0 Å². The van der Waals surface area contributed by atoms with E-state index in [4.69, 9.17) is 10.2 Å². The quantitative estimate of drug-likeness (QED) is 0.643. The molecule has 0 aromatic heterocycles. The molecule has 0 aliphatic carbocycles. The maximum atomic E-state index is 10.3. The topological polar surface area (TPSA) is 57.5 Å². The zero-order chi connectivity index (χ0) is 11.0. The van der Waals surface area contributed by atoms with Gasteiger partial charge >= 0.3 is 5.97 Å². The first kappa shape index (κ1) is 12.9. The van der Waals surface area contributed by atoms with Crippen molar-refractivity contribution in [2.24, 2.45) is 0 Å². The zero-order valence-electron chi connectivity index (χ0n) is 8.79. The number of hydrogen-bond donors (Lipinski definition) is 2. The molecule has 0 heterocycles. The van der Waals surface area contributed by atoms with Crippen LogP contribution in [-0.4, -0.2) is 22.8 Å². The Bertz CT molecular complexity index is 239. The molecule has 0 aromatic rings. The summed E-state index contributed by atoms with van der Waals surface area (Å²) in [5, 5.41) is 17.1. The van der Waals surface area contributed by atoms with Gasteiger partial charge in [0.15, 0.2) is 0 Å². The summed E-state index contributed by atoms with van der Waals surface area (Å²) in [7, 11) is 0. The maximum absolute atomic E-state index is 10.3. The normalized spacial score (nSPS) is 13.1. The summed E-state index contributed by atoms with van der Waals surface area (Å²) in [6.45, 7) is 3.85. The Morgan fingerprint density at radius 3 is 2.36 bits per heavy atom. The van der Waals surface area contributed by atoms with Crippen LogP contribution in [0.15, 0.2) is 23.3 Å². The highest BCUT2D eigenvalue weighted by atomic mass is 16.4. The van der Waals surface area contributed by atoms with Crippen molar-refractivity contribution in [3.8, 4) is 0 Å². The van der Waals surface area contributed by atoms with Gasteiger partial charge in [0, 0.05) is 0 Å². The molecule has 0 aliphatic heterocycles. The van der Waals surface area contributed by atoms with E-state index < -0.39 is 5.97 Å². The van der Waals surface area contributed by atoms with Gasteiger partial charge in [-0.15, -0.1) is 0 Å². The van der Waals surface area contributed by atoms with Crippen LogP contribution in [0.3, 0.4) is 0 Å². The van der Waals surface area contributed by atoms with Crippen molar-refractivity contribution in [2.45, 2.75) is 33.1 Å². The number of aliphatic hydroxyl groups excluding tert-OH is 1. The molecule has 0 rings (SSSR count). The van der Waals surface area contributed by atoms with Gasteiger partial charge < -0.3 is 10.2 Å². The molecule has 80 valence electrons. The largest absolute Gasteiger partial charge is 0.481 e. The smallest absolute Gasteiger partial charge is 0.307 e. The Balaban J connectivity index is 3.81. The molecule has 0 spiro atoms. The molecule has 3 nitrogen and oxygen atoms in total. The first-order valence-corrected chi connectivity index (χ1v) is 4.70. The van der Waals surface area contributed by atoms with Crippen LogP contribution in [-0.2, 0) is 4.79 Å². The highest BCUT2D eigenvalue weighted by Crippen LogP contribution is 2.08. The van der Waals surface area contributed by atoms with E-state index in [1.165, 1.54) is 0 Å². The Labute approximate surface area is 84.8 Å². The number of carboxylic acid groups (broad SMARTS) is 1. The molecule has 14 heavy (non-hydrogen) atoms. The summed E-state index contributed by atoms with van der Waals surface area (Å²) in [4.78, 5) is 10.3. The van der Waals surface area contributed by atoms with Gasteiger partial charge in [0.05, 0.1) is 13.0 Å². The second kappa shape index (κ2) is 7.33. The van der Waals surface area contributed by atoms with Crippen molar-refractivity contribution in [1.82, 2.24) is 0 Å². The first-order chi connectivity index (χ1) is 6.56. The zero-order valence-corrected chi connectivity index (χ0v) is 8.79. The van der Waals surface area contributed by atoms with E-state index in [1.807, 2.05) is 19.9 Å². The van der Waals surface area contributed by atoms with Crippen LogP contribution in [0.4, 0.5) is 0 Å². The molecular weight excluding hydrogens is 180 g/mol. The third-order valence-corrected chi connectivity index (χ3v) is 1.90. The summed E-state index contributed by atoms with van der Waals surface area (Å²) in [5.74, 6) is -0.790. The number of carboxylic acids is 1. The van der Waals surface area contributed by atoms with Gasteiger partial charge in [-0.2, -0.15) is 0 Å². The Hall–Kier alpha value is -1.09. The Morgan fingerprint density at radius 1 is 1.21 bits per heavy atom. The van der Waals surface area contributed by atoms with Gasteiger partial charge in [0.1, 0.15) is 0 Å². The number of carbonyl (C=O) groups is 1. The SMILES string of the molecule is CC(=CCO)CCC=C(C)CC(=O)O. The van der Waals surface area contributed by atoms with Crippen molar-refractivity contribution in [3.63, 3.8) is 0 Å². The fraction of sp³-hybridized carbons (Fsp3) is 0.545. The molecule has 0 fully saturated rings. The standard InChI is InChI=1S/C11H18O3/c1-9(6-7-12)4-3-5-10(2)8-11(13)14/h5-6,12H,3-4,7-8H2,1-2H3,(H,13,14). The third kappa shape index (κ3) is 7.55. The summed E-state index contributed by atoms with van der Waals surface area (Å²) in [6, 6.07) is 0. The van der Waals surface area contributed by atoms with Gasteiger partial charge in [-0.05, 0) is 26.7 Å². The molecule has 0 saturated carbocycles. The van der Waals surface area contributed by atoms with Crippen molar-refractivity contribution >= 4 is 5.97 Å². The Kier molecular flexibility index (Phi) is 6.76. The van der Waals surface area contributed by atoms with Crippen LogP contribution in [0.1, 0.15) is 33.1 Å². The molecule has 3 heteroatoms. The predicted octanol–water partition coefficient (Wildman–Crippen LogP) is 2.13. The molecule has 2 N–H and O–H groups in total. The van der Waals surface area contributed by atoms with E-state index in [-0.39, 0.29) is 13.0 Å². The molecule has 0 unspecified atom stereocenters. The van der Waals surface area contributed by atoms with Crippen LogP contribution in [0, 0.1) is 0 Å². The second-order valence-electron chi connectivity index (χ2n) is 3.39. The lowest BCUT2D eigenvalue weighted by Gasteiger charge is -1.98. The van der Waals surface area contributed by atoms with Crippen molar-refractivity contribution in [3.05, 3.63) is 23.3 Å². The van der Waals surface area contributed by atoms with Crippen LogP contribution in [0.2, 0.25) is 0 Å². The van der Waals surface area contributed by atoms with Crippen LogP contribution in [0.25, 0.3) is 0 Å². The van der Waals surface area contributed by atoms with Crippen LogP contribution in [0.5, 0.6) is 0 Å². The molecule has 0 aromatic carbocycles. The average Bonchev–Trinajstić information content (AvgIpc) is 2.02. The van der Waals surface area contributed by atoms with Gasteiger partial charge in [-0.25, -0.2) is 0 Å². The summed E-state index contributed by atoms with van der Waals surface area (Å²) in [5.41, 5.74) is 2.01. The Morgan fingerprint density at radius 2 is 1.86 bits per heavy atom. The highest BCUT2D eigenvalue weighted by molar-refractivity contribution is 5.69. The molecular formula is C11H18O3. The number of aliphatic carboxylic acids is 1. The van der Waals surface area contributed by atoms with E-state index in [9.17, 15) is 4.79 Å². The molecule has 0 saturated heterocycles. The molecule has 0 radical (unpaired) electrons. The lowest BCUT2D eigenvalue weighted by atomic mass is 10.1. The molecule has 0 atom stereocenters. The molecule has 0 aliphatic rings. The van der Waals surface area contributed by atoms with Crippen molar-refractivity contribution in [2.75, 3.05) is 6.61 Å². The number of hydrogen-bond acceptors (Lipinski definition) is 2. The number of aliphatic hydroxyl groups is 1. The number of rotatable bonds is 6. The minimum atomic E-state index is -0.790. The fourth-order valence-corrected chi connectivity index (χ4v) is 1.11. The minimum Gasteiger partial charge on any atom is -0.481 e. The molecule has 0 amide bonds. The van der Waals surface area contributed by atoms with Crippen molar-refractivity contribution < 1.29 is 15.0 Å². The van der Waals surface area contributed by atoms with Crippen LogP contribution >= 0.6 is 0 Å². The third-order valence-electron chi connectivity index (χ3n) is 1.90. The van der Waals surface area contributed by atoms with Gasteiger partial charge in [0.2, 0.25) is 0 Å². The first-order valence-electron chi connectivity index (χ1n) is 4.70. The van der Waals surface area contributed by atoms with Gasteiger partial charge in [0.25, 0.3) is 0 Å². The molecule has 0 bridgehead atoms. The van der Waals surface area contributed by atoms with E-state index >= 15 is 0 Å². The predicted molar refractivity (Wildman–Crippen MR) is 56.1 cm³/mol. The van der Waals surface area contributed by atoms with Gasteiger partial charge in [-0.1, -0.05) is 23.3 Å². The monoisotopic (exact) mass is 198 g/mol. The van der Waals surface area contributed by atoms with E-state index in [2.05, 4.69) is 0 Å². The lowest BCUT2D eigenvalue weighted by molar-refractivity contribution is -0.136. The highest BCUT2D eigenvalue weighted by Gasteiger charge is 1.97. The average molecular weight is 198 g/mol. The van der Waals surface area contributed by atoms with Crippen LogP contribution < -0.4 is 0 Å². The number of allylic oxidation sites excluding steroid dienone is 2. The fourth-order valence-electron chi connectivity index (χ4n) is 1.11. The van der Waals surface area contributed by atoms with Crippen molar-refractivity contribution in [1.29, 1.82) is 0 Å². The maximum Gasteiger partial charge on any atom is 0.307 e. The van der Waals surface area contributed by atoms with E-state index in [0.29, 0.717) is 0 Å². The summed E-state index contributed by atoms with van der Waals surface area (Å²) >= 11 is 0. The summed E-state index contributed by atoms with van der Waals surface area (Å²) in [6.07, 6.45) is 5.52.